The van der Waals surface area contributed by atoms with Crippen LogP contribution in [0.2, 0.25) is 0 Å². The van der Waals surface area contributed by atoms with Crippen LogP contribution in [0.15, 0.2) is 0 Å². The van der Waals surface area contributed by atoms with Crippen LogP contribution in [0, 0.1) is 34.5 Å². The van der Waals surface area contributed by atoms with Gasteiger partial charge in [-0.15, -0.1) is 0 Å². The lowest BCUT2D eigenvalue weighted by Gasteiger charge is -2.61. The van der Waals surface area contributed by atoms with E-state index >= 15 is 0 Å². The minimum absolute atomic E-state index is 0.470. The summed E-state index contributed by atoms with van der Waals surface area (Å²) in [6.45, 7) is 12.4. The van der Waals surface area contributed by atoms with Crippen molar-refractivity contribution in [3.63, 3.8) is 0 Å². The maximum absolute atomic E-state index is 12.6. The van der Waals surface area contributed by atoms with E-state index in [1.54, 1.807) is 0 Å². The smallest absolute Gasteiger partial charge is 0.408 e. The minimum atomic E-state index is -2.56. The largest absolute Gasteiger partial charge is 0.520 e. The molecule has 4 rings (SSSR count). The molecule has 0 aromatic heterocycles. The first-order valence-electron chi connectivity index (χ1n) is 12.5. The Hall–Kier alpha value is -1.54. The highest BCUT2D eigenvalue weighted by Gasteiger charge is 2.90. The Labute approximate surface area is 196 Å². The lowest BCUT2D eigenvalue weighted by atomic mass is 9.51. The van der Waals surface area contributed by atoms with Gasteiger partial charge in [0.15, 0.2) is 0 Å². The first-order chi connectivity index (χ1) is 15.2. The summed E-state index contributed by atoms with van der Waals surface area (Å²) >= 11 is 0. The molecule has 0 radical (unpaired) electrons. The van der Waals surface area contributed by atoms with Crippen LogP contribution < -0.4 is 0 Å². The van der Waals surface area contributed by atoms with Gasteiger partial charge in [0.05, 0.1) is 0 Å². The molecule has 0 amide bonds. The maximum Gasteiger partial charge on any atom is 0.520 e. The van der Waals surface area contributed by atoms with Crippen LogP contribution in [0.5, 0.6) is 0 Å². The number of carbonyl (C=O) groups is 2. The average Bonchev–Trinajstić information content (AvgIpc) is 3.03. The van der Waals surface area contributed by atoms with Crippen molar-refractivity contribution in [3.8, 4) is 0 Å². The van der Waals surface area contributed by atoms with Crippen LogP contribution in [0.25, 0.3) is 0 Å². The first kappa shape index (κ1) is 24.6. The molecular weight excluding hydrogens is 428 g/mol. The number of carbonyl (C=O) groups excluding carboxylic acids is 2. The predicted molar refractivity (Wildman–Crippen MR) is 118 cm³/mol. The molecular formula is C25H40O8. The molecule has 4 aliphatic rings. The second-order valence-corrected chi connectivity index (χ2v) is 12.1. The first-order valence-corrected chi connectivity index (χ1v) is 12.5. The fourth-order valence-corrected chi connectivity index (χ4v) is 7.01. The number of rotatable bonds is 5. The molecule has 2 aliphatic heterocycles. The highest BCUT2D eigenvalue weighted by molar-refractivity contribution is 5.72. The molecule has 1 atom stereocenters. The molecule has 0 aromatic rings. The quantitative estimate of drug-likeness (QED) is 0.423. The summed E-state index contributed by atoms with van der Waals surface area (Å²) in [5.41, 5.74) is -4.09. The molecule has 188 valence electrons. The molecule has 2 saturated heterocycles. The third-order valence-electron chi connectivity index (χ3n) is 9.66. The number of cyclic esters (lactones) is 1. The van der Waals surface area contributed by atoms with E-state index in [0.717, 1.165) is 25.7 Å². The predicted octanol–water partition coefficient (Wildman–Crippen LogP) is 5.10. The van der Waals surface area contributed by atoms with Crippen LogP contribution in [-0.2, 0) is 18.9 Å². The van der Waals surface area contributed by atoms with Crippen molar-refractivity contribution in [1.29, 1.82) is 0 Å². The topological polar surface area (TPSA) is 112 Å². The number of aliphatic hydroxyl groups is 2. The molecule has 2 N–H and O–H groups in total. The molecule has 0 aromatic carbocycles. The van der Waals surface area contributed by atoms with Gasteiger partial charge in [0.25, 0.3) is 5.60 Å². The van der Waals surface area contributed by atoms with Crippen LogP contribution in [0.1, 0.15) is 92.9 Å². The van der Waals surface area contributed by atoms with Crippen molar-refractivity contribution in [2.24, 2.45) is 34.5 Å². The van der Waals surface area contributed by atoms with E-state index in [0.29, 0.717) is 49.4 Å². The molecule has 4 fully saturated rings. The van der Waals surface area contributed by atoms with Crippen LogP contribution >= 0.6 is 0 Å². The third kappa shape index (κ3) is 3.30. The SMILES string of the molecule is CC(C)C1CCC(C)(C(O)(O)C2(C3(C)CCC(C(C)C)CC3)OC(=O)OC23OC(=O)O3)CC1. The standard InChI is InChI=1S/C25H40O8/c1-15(2)17-7-11-21(5,12-8-17)23(25(31-19(26)30-23)32-20(27)33-25)24(28,29)22(6)13-9-18(10-14-22)16(3)4/h15-18,28-29H,7-14H2,1-6H3. The van der Waals surface area contributed by atoms with Crippen molar-refractivity contribution in [3.05, 3.63) is 0 Å². The average molecular weight is 469 g/mol. The Morgan fingerprint density at radius 2 is 1.15 bits per heavy atom. The molecule has 2 heterocycles. The van der Waals surface area contributed by atoms with E-state index in [1.807, 2.05) is 13.8 Å². The maximum atomic E-state index is 12.6. The number of ether oxygens (including phenoxy) is 4. The summed E-state index contributed by atoms with van der Waals surface area (Å²) in [7, 11) is 0. The Morgan fingerprint density at radius 3 is 1.55 bits per heavy atom. The van der Waals surface area contributed by atoms with E-state index in [1.165, 1.54) is 0 Å². The zero-order chi connectivity index (χ0) is 24.4. The van der Waals surface area contributed by atoms with Crippen molar-refractivity contribution in [2.45, 2.75) is 110 Å². The van der Waals surface area contributed by atoms with Crippen LogP contribution in [-0.4, -0.2) is 39.9 Å². The summed E-state index contributed by atoms with van der Waals surface area (Å²) in [6.07, 6.45) is 3.27. The minimum Gasteiger partial charge on any atom is -0.408 e. The van der Waals surface area contributed by atoms with Gasteiger partial charge >= 0.3 is 18.3 Å². The second-order valence-electron chi connectivity index (χ2n) is 12.1. The molecule has 1 unspecified atom stereocenters. The van der Waals surface area contributed by atoms with Crippen LogP contribution in [0.4, 0.5) is 9.59 Å². The van der Waals surface area contributed by atoms with Gasteiger partial charge in [-0.3, -0.25) is 0 Å². The number of hydrogen-bond acceptors (Lipinski definition) is 8. The van der Waals surface area contributed by atoms with Gasteiger partial charge in [0, 0.05) is 10.8 Å². The second kappa shape index (κ2) is 7.74. The van der Waals surface area contributed by atoms with E-state index in [9.17, 15) is 19.8 Å². The molecule has 2 aliphatic carbocycles. The van der Waals surface area contributed by atoms with Gasteiger partial charge < -0.3 is 29.2 Å². The van der Waals surface area contributed by atoms with Gasteiger partial charge in [0.1, 0.15) is 0 Å². The van der Waals surface area contributed by atoms with Gasteiger partial charge in [0.2, 0.25) is 5.79 Å². The highest BCUT2D eigenvalue weighted by Crippen LogP contribution is 2.67. The molecule has 8 heteroatoms. The zero-order valence-electron chi connectivity index (χ0n) is 20.8. The highest BCUT2D eigenvalue weighted by atomic mass is 17.1. The lowest BCUT2D eigenvalue weighted by molar-refractivity contribution is -0.487. The summed E-state index contributed by atoms with van der Waals surface area (Å²) in [4.78, 5) is 24.4. The molecule has 1 spiro atoms. The van der Waals surface area contributed by atoms with E-state index < -0.39 is 40.5 Å². The molecule has 2 saturated carbocycles. The number of hydrogen-bond donors (Lipinski definition) is 2. The molecule has 33 heavy (non-hydrogen) atoms. The fourth-order valence-electron chi connectivity index (χ4n) is 7.01. The van der Waals surface area contributed by atoms with E-state index in [2.05, 4.69) is 27.7 Å². The van der Waals surface area contributed by atoms with E-state index in [4.69, 9.17) is 18.9 Å². The molecule has 0 bridgehead atoms. The van der Waals surface area contributed by atoms with E-state index in [-0.39, 0.29) is 0 Å². The van der Waals surface area contributed by atoms with Crippen molar-refractivity contribution in [2.75, 3.05) is 0 Å². The van der Waals surface area contributed by atoms with Crippen molar-refractivity contribution >= 4 is 12.3 Å². The summed E-state index contributed by atoms with van der Waals surface area (Å²) in [6, 6.07) is 0. The Bertz CT molecular complexity index is 778. The monoisotopic (exact) mass is 468 g/mol. The van der Waals surface area contributed by atoms with Crippen molar-refractivity contribution < 1.29 is 38.7 Å². The summed E-state index contributed by atoms with van der Waals surface area (Å²) in [5, 5.41) is 24.2. The van der Waals surface area contributed by atoms with Gasteiger partial charge in [-0.2, -0.15) is 0 Å². The zero-order valence-corrected chi connectivity index (χ0v) is 20.8. The van der Waals surface area contributed by atoms with Gasteiger partial charge in [-0.05, 0) is 75.0 Å². The normalized spacial score (nSPS) is 40.8. The Balaban J connectivity index is 1.78. The summed E-state index contributed by atoms with van der Waals surface area (Å²) < 4.78 is 21.7. The van der Waals surface area contributed by atoms with Gasteiger partial charge in [-0.1, -0.05) is 41.5 Å². The van der Waals surface area contributed by atoms with Crippen LogP contribution in [0.3, 0.4) is 0 Å². The van der Waals surface area contributed by atoms with Gasteiger partial charge in [-0.25, -0.2) is 9.59 Å². The Kier molecular flexibility index (Phi) is 5.76. The third-order valence-corrected chi connectivity index (χ3v) is 9.66. The lowest BCUT2D eigenvalue weighted by Crippen LogP contribution is -2.82. The fraction of sp³-hybridized carbons (Fsp3) is 0.920. The van der Waals surface area contributed by atoms with Crippen molar-refractivity contribution in [1.82, 2.24) is 0 Å². The molecule has 8 nitrogen and oxygen atoms in total. The summed E-state index contributed by atoms with van der Waals surface area (Å²) in [5.74, 6) is -2.93. The Morgan fingerprint density at radius 1 is 0.758 bits per heavy atom.